The summed E-state index contributed by atoms with van der Waals surface area (Å²) in [5.74, 6) is 0.108. The Labute approximate surface area is 192 Å². The molecular weight excluding hydrogens is 450 g/mol. The first-order valence-electron chi connectivity index (χ1n) is 10.8. The third kappa shape index (κ3) is 5.02. The van der Waals surface area contributed by atoms with Crippen molar-refractivity contribution in [2.45, 2.75) is 23.8 Å². The summed E-state index contributed by atoms with van der Waals surface area (Å²) in [6, 6.07) is 7.21. The lowest BCUT2D eigenvalue weighted by Crippen LogP contribution is -2.47. The van der Waals surface area contributed by atoms with Gasteiger partial charge in [-0.2, -0.15) is 4.31 Å². The highest BCUT2D eigenvalue weighted by molar-refractivity contribution is 7.89. The number of nitro benzene ring substituents is 1. The summed E-state index contributed by atoms with van der Waals surface area (Å²) in [5, 5.41) is 14.9. The van der Waals surface area contributed by atoms with E-state index in [1.54, 1.807) is 17.0 Å². The Balaban J connectivity index is 1.44. The number of piperidine rings is 1. The Morgan fingerprint density at radius 3 is 2.42 bits per heavy atom. The Morgan fingerprint density at radius 2 is 1.82 bits per heavy atom. The number of likely N-dealkylation sites (N-methyl/N-ethyl adjacent to an activating group) is 1. The third-order valence-corrected chi connectivity index (χ3v) is 8.03. The average Bonchev–Trinajstić information content (AvgIpc) is 3.34. The van der Waals surface area contributed by atoms with E-state index in [1.807, 2.05) is 11.9 Å². The van der Waals surface area contributed by atoms with Gasteiger partial charge in [0.25, 0.3) is 11.6 Å². The fourth-order valence-corrected chi connectivity index (χ4v) is 5.57. The van der Waals surface area contributed by atoms with Gasteiger partial charge in [-0.15, -0.1) is 0 Å². The topological polar surface area (TPSA) is 129 Å². The molecule has 2 fully saturated rings. The molecule has 4 rings (SSSR count). The summed E-state index contributed by atoms with van der Waals surface area (Å²) in [5.41, 5.74) is -0.00701. The fraction of sp³-hybridized carbons (Fsp3) is 0.476. The maximum absolute atomic E-state index is 13.0. The number of benzene rings is 1. The van der Waals surface area contributed by atoms with E-state index in [1.165, 1.54) is 22.7 Å². The van der Waals surface area contributed by atoms with Crippen molar-refractivity contribution in [2.24, 2.45) is 0 Å². The maximum atomic E-state index is 13.0. The third-order valence-electron chi connectivity index (χ3n) is 6.14. The number of anilines is 1. The molecule has 1 aromatic heterocycles. The maximum Gasteiger partial charge on any atom is 0.293 e. The molecule has 1 amide bonds. The molecule has 3 heterocycles. The van der Waals surface area contributed by atoms with Crippen LogP contribution < -0.4 is 5.32 Å². The van der Waals surface area contributed by atoms with Gasteiger partial charge >= 0.3 is 0 Å². The molecule has 2 aliphatic heterocycles. The Bertz CT molecular complexity index is 1100. The first kappa shape index (κ1) is 23.2. The molecule has 0 radical (unpaired) electrons. The predicted molar refractivity (Wildman–Crippen MR) is 121 cm³/mol. The number of rotatable bonds is 6. The predicted octanol–water partition coefficient (Wildman–Crippen LogP) is 1.84. The first-order chi connectivity index (χ1) is 15.8. The molecule has 1 N–H and O–H groups in total. The molecule has 0 saturated carbocycles. The molecule has 0 unspecified atom stereocenters. The Kier molecular flexibility index (Phi) is 6.68. The van der Waals surface area contributed by atoms with E-state index in [0.717, 1.165) is 6.07 Å². The van der Waals surface area contributed by atoms with Crippen LogP contribution in [0.2, 0.25) is 0 Å². The molecule has 1 aromatic carbocycles. The monoisotopic (exact) mass is 477 g/mol. The van der Waals surface area contributed by atoms with Gasteiger partial charge in [0.15, 0.2) is 5.76 Å². The van der Waals surface area contributed by atoms with E-state index in [2.05, 4.69) is 5.32 Å². The first-order valence-corrected chi connectivity index (χ1v) is 12.3. The second-order valence-electron chi connectivity index (χ2n) is 8.33. The van der Waals surface area contributed by atoms with Crippen LogP contribution in [-0.2, 0) is 10.0 Å². The summed E-state index contributed by atoms with van der Waals surface area (Å²) in [7, 11) is -1.89. The average molecular weight is 478 g/mol. The lowest BCUT2D eigenvalue weighted by Gasteiger charge is -2.32. The molecule has 0 aliphatic carbocycles. The summed E-state index contributed by atoms with van der Waals surface area (Å²) in [4.78, 5) is 27.2. The normalized spacial score (nSPS) is 18.9. The number of nitro groups is 1. The summed E-state index contributed by atoms with van der Waals surface area (Å²) in [6.45, 7) is 2.90. The number of piperazine rings is 1. The zero-order valence-corrected chi connectivity index (χ0v) is 19.2. The van der Waals surface area contributed by atoms with Crippen molar-refractivity contribution in [3.8, 4) is 0 Å². The van der Waals surface area contributed by atoms with Crippen molar-refractivity contribution < 1.29 is 22.6 Å². The second-order valence-corrected chi connectivity index (χ2v) is 10.3. The molecule has 2 aromatic rings. The molecule has 2 saturated heterocycles. The van der Waals surface area contributed by atoms with E-state index in [4.69, 9.17) is 4.42 Å². The standard InChI is InChI=1S/C21H27N5O6S/c1-23-10-12-25(13-11-23)33(30,31)17-4-5-18(19(15-17)26(28)29)22-16-6-8-24(9-7-16)21(27)20-3-2-14-32-20/h2-5,14-16,22H,6-13H2,1H3. The molecule has 11 nitrogen and oxygen atoms in total. The van der Waals surface area contributed by atoms with Gasteiger partial charge in [0.05, 0.1) is 16.1 Å². The number of sulfonamides is 1. The lowest BCUT2D eigenvalue weighted by atomic mass is 10.0. The van der Waals surface area contributed by atoms with Crippen LogP contribution in [-0.4, -0.2) is 85.7 Å². The molecule has 2 aliphatic rings. The number of hydrogen-bond donors (Lipinski definition) is 1. The van der Waals surface area contributed by atoms with Crippen LogP contribution in [0.3, 0.4) is 0 Å². The van der Waals surface area contributed by atoms with Gasteiger partial charge in [0.1, 0.15) is 5.69 Å². The highest BCUT2D eigenvalue weighted by atomic mass is 32.2. The molecular formula is C21H27N5O6S. The molecule has 0 atom stereocenters. The number of amides is 1. The van der Waals surface area contributed by atoms with Crippen molar-refractivity contribution in [2.75, 3.05) is 51.6 Å². The summed E-state index contributed by atoms with van der Waals surface area (Å²) in [6.07, 6.45) is 2.66. The van der Waals surface area contributed by atoms with E-state index in [-0.39, 0.29) is 34.0 Å². The Hall–Kier alpha value is -2.96. The van der Waals surface area contributed by atoms with E-state index >= 15 is 0 Å². The lowest BCUT2D eigenvalue weighted by molar-refractivity contribution is -0.384. The molecule has 33 heavy (non-hydrogen) atoms. The number of carbonyl (C=O) groups excluding carboxylic acids is 1. The number of likely N-dealkylation sites (tertiary alicyclic amines) is 1. The van der Waals surface area contributed by atoms with E-state index in [0.29, 0.717) is 52.1 Å². The Morgan fingerprint density at radius 1 is 1.12 bits per heavy atom. The van der Waals surface area contributed by atoms with Crippen molar-refractivity contribution in [3.63, 3.8) is 0 Å². The van der Waals surface area contributed by atoms with Crippen molar-refractivity contribution in [3.05, 3.63) is 52.5 Å². The smallest absolute Gasteiger partial charge is 0.293 e. The van der Waals surface area contributed by atoms with Crippen LogP contribution in [0, 0.1) is 10.1 Å². The van der Waals surface area contributed by atoms with Crippen molar-refractivity contribution in [1.82, 2.24) is 14.1 Å². The quantitative estimate of drug-likeness (QED) is 0.493. The molecule has 0 spiro atoms. The minimum absolute atomic E-state index is 0.0792. The molecule has 0 bridgehead atoms. The van der Waals surface area contributed by atoms with Gasteiger partial charge in [-0.1, -0.05) is 0 Å². The number of nitrogens with one attached hydrogen (secondary N) is 1. The minimum Gasteiger partial charge on any atom is -0.459 e. The van der Waals surface area contributed by atoms with Crippen LogP contribution in [0.1, 0.15) is 23.4 Å². The zero-order chi connectivity index (χ0) is 23.6. The van der Waals surface area contributed by atoms with E-state index < -0.39 is 14.9 Å². The zero-order valence-electron chi connectivity index (χ0n) is 18.3. The van der Waals surface area contributed by atoms with Gasteiger partial charge in [-0.25, -0.2) is 8.42 Å². The fourth-order valence-electron chi connectivity index (χ4n) is 4.13. The van der Waals surface area contributed by atoms with Crippen LogP contribution >= 0.6 is 0 Å². The largest absolute Gasteiger partial charge is 0.459 e. The van der Waals surface area contributed by atoms with Crippen LogP contribution in [0.15, 0.2) is 45.9 Å². The minimum atomic E-state index is -3.81. The SMILES string of the molecule is CN1CCN(S(=O)(=O)c2ccc(NC3CCN(C(=O)c4ccco4)CC3)c([N+](=O)[O-])c2)CC1. The number of furan rings is 1. The van der Waals surface area contributed by atoms with Gasteiger partial charge < -0.3 is 19.5 Å². The molecule has 12 heteroatoms. The van der Waals surface area contributed by atoms with Crippen LogP contribution in [0.4, 0.5) is 11.4 Å². The van der Waals surface area contributed by atoms with Gasteiger partial charge in [0.2, 0.25) is 10.0 Å². The number of carbonyl (C=O) groups is 1. The van der Waals surface area contributed by atoms with Gasteiger partial charge in [0, 0.05) is 51.4 Å². The summed E-state index contributed by atoms with van der Waals surface area (Å²) >= 11 is 0. The number of hydrogen-bond acceptors (Lipinski definition) is 8. The molecule has 178 valence electrons. The summed E-state index contributed by atoms with van der Waals surface area (Å²) < 4.78 is 32.5. The van der Waals surface area contributed by atoms with E-state index in [9.17, 15) is 23.3 Å². The van der Waals surface area contributed by atoms with Crippen LogP contribution in [0.5, 0.6) is 0 Å². The van der Waals surface area contributed by atoms with Crippen LogP contribution in [0.25, 0.3) is 0 Å². The van der Waals surface area contributed by atoms with Gasteiger partial charge in [-0.05, 0) is 44.2 Å². The number of nitrogens with zero attached hydrogens (tertiary/aromatic N) is 4. The second kappa shape index (κ2) is 9.49. The van der Waals surface area contributed by atoms with Crippen molar-refractivity contribution in [1.29, 1.82) is 0 Å². The van der Waals surface area contributed by atoms with Gasteiger partial charge in [-0.3, -0.25) is 14.9 Å². The highest BCUT2D eigenvalue weighted by Gasteiger charge is 2.31. The highest BCUT2D eigenvalue weighted by Crippen LogP contribution is 2.31. The van der Waals surface area contributed by atoms with Crippen molar-refractivity contribution >= 4 is 27.3 Å².